The Kier molecular flexibility index (Phi) is 2.60. The third kappa shape index (κ3) is 1.23. The first-order valence-electron chi connectivity index (χ1n) is 5.04. The summed E-state index contributed by atoms with van der Waals surface area (Å²) >= 11 is 0. The molecule has 1 unspecified atom stereocenters. The molecule has 2 rings (SSSR count). The highest BCUT2D eigenvalue weighted by Crippen LogP contribution is 2.41. The van der Waals surface area contributed by atoms with Gasteiger partial charge < -0.3 is 14.2 Å². The zero-order chi connectivity index (χ0) is 10.3. The van der Waals surface area contributed by atoms with Crippen LogP contribution in [0.4, 0.5) is 0 Å². The molecule has 0 aromatic heterocycles. The van der Waals surface area contributed by atoms with Gasteiger partial charge in [-0.2, -0.15) is 0 Å². The van der Waals surface area contributed by atoms with Crippen molar-refractivity contribution < 1.29 is 14.2 Å². The molecule has 0 amide bonds. The maximum absolute atomic E-state index is 5.97. The van der Waals surface area contributed by atoms with Crippen LogP contribution in [-0.2, 0) is 14.2 Å². The molecule has 5 heteroatoms. The van der Waals surface area contributed by atoms with Gasteiger partial charge in [0.25, 0.3) is 0 Å². The fourth-order valence-electron chi connectivity index (χ4n) is 3.07. The lowest BCUT2D eigenvalue weighted by atomic mass is 9.90. The van der Waals surface area contributed by atoms with Crippen LogP contribution in [0.5, 0.6) is 0 Å². The van der Waals surface area contributed by atoms with E-state index in [1.54, 1.807) is 14.2 Å². The number of ether oxygens (including phenoxy) is 3. The lowest BCUT2D eigenvalue weighted by molar-refractivity contribution is -0.118. The number of likely N-dealkylation sites (N-methyl/N-ethyl adjacent to an activating group) is 1. The highest BCUT2D eigenvalue weighted by Gasteiger charge is 2.61. The molecule has 0 aliphatic carbocycles. The summed E-state index contributed by atoms with van der Waals surface area (Å²) in [6, 6.07) is 0.601. The smallest absolute Gasteiger partial charge is 0.141 e. The van der Waals surface area contributed by atoms with Crippen molar-refractivity contribution in [2.24, 2.45) is 0 Å². The number of hydrogen-bond donors (Lipinski definition) is 0. The highest BCUT2D eigenvalue weighted by atomic mass is 16.6. The van der Waals surface area contributed by atoms with E-state index in [-0.39, 0.29) is 17.7 Å². The largest absolute Gasteiger partial charge is 0.382 e. The summed E-state index contributed by atoms with van der Waals surface area (Å²) < 4.78 is 16.8. The van der Waals surface area contributed by atoms with E-state index < -0.39 is 0 Å². The number of morpholine rings is 1. The van der Waals surface area contributed by atoms with Gasteiger partial charge in [0.1, 0.15) is 19.6 Å². The van der Waals surface area contributed by atoms with Crippen LogP contribution < -0.4 is 0 Å². The summed E-state index contributed by atoms with van der Waals surface area (Å²) in [6.45, 7) is 1.50. The van der Waals surface area contributed by atoms with Crippen molar-refractivity contribution in [1.29, 1.82) is 0 Å². The van der Waals surface area contributed by atoms with Gasteiger partial charge in [-0.3, -0.25) is 4.90 Å². The van der Waals surface area contributed by atoms with Crippen LogP contribution >= 0.6 is 0 Å². The number of fused-ring (bicyclic) bond motifs is 2. The first-order valence-corrected chi connectivity index (χ1v) is 5.04. The molecule has 0 N–H and O–H groups in total. The van der Waals surface area contributed by atoms with Crippen LogP contribution in [0.2, 0.25) is 0 Å². The molecule has 14 heavy (non-hydrogen) atoms. The van der Waals surface area contributed by atoms with Gasteiger partial charge in [-0.1, -0.05) is 0 Å². The van der Waals surface area contributed by atoms with Crippen LogP contribution in [-0.4, -0.2) is 70.9 Å². The number of hydrogen-bond acceptors (Lipinski definition) is 4. The van der Waals surface area contributed by atoms with Crippen molar-refractivity contribution in [3.63, 3.8) is 0 Å². The van der Waals surface area contributed by atoms with Crippen LogP contribution in [0.25, 0.3) is 0 Å². The van der Waals surface area contributed by atoms with Crippen molar-refractivity contribution in [3.8, 4) is 0 Å². The normalized spacial score (nSPS) is 47.5. The van der Waals surface area contributed by atoms with E-state index in [2.05, 4.69) is 19.8 Å². The van der Waals surface area contributed by atoms with Gasteiger partial charge in [-0.05, 0) is 7.05 Å². The highest BCUT2D eigenvalue weighted by molar-refractivity contribution is 6.12. The first-order chi connectivity index (χ1) is 6.64. The maximum atomic E-state index is 5.97. The van der Waals surface area contributed by atoms with E-state index in [4.69, 9.17) is 14.2 Å². The van der Waals surface area contributed by atoms with Crippen molar-refractivity contribution in [3.05, 3.63) is 0 Å². The molecule has 2 bridgehead atoms. The monoisotopic (exact) mass is 199 g/mol. The Balaban J connectivity index is 2.23. The Hall–Kier alpha value is -0.0951. The third-order valence-electron chi connectivity index (χ3n) is 3.40. The molecule has 4 nitrogen and oxygen atoms in total. The Labute approximate surface area is 85.9 Å². The lowest BCUT2D eigenvalue weighted by Crippen LogP contribution is -2.48. The van der Waals surface area contributed by atoms with Crippen LogP contribution in [0, 0.1) is 0 Å². The van der Waals surface area contributed by atoms with Gasteiger partial charge in [0.15, 0.2) is 0 Å². The second-order valence-corrected chi connectivity index (χ2v) is 4.38. The molecule has 2 aliphatic heterocycles. The minimum absolute atomic E-state index is 0.141. The predicted molar refractivity (Wildman–Crippen MR) is 55.2 cm³/mol. The number of nitrogens with zero attached hydrogens (tertiary/aromatic N) is 1. The molecule has 0 spiro atoms. The van der Waals surface area contributed by atoms with E-state index in [1.807, 2.05) is 0 Å². The van der Waals surface area contributed by atoms with E-state index in [1.165, 1.54) is 0 Å². The van der Waals surface area contributed by atoms with Crippen molar-refractivity contribution >= 4 is 7.85 Å². The van der Waals surface area contributed by atoms with Gasteiger partial charge >= 0.3 is 0 Å². The third-order valence-corrected chi connectivity index (χ3v) is 3.40. The van der Waals surface area contributed by atoms with Crippen molar-refractivity contribution in [2.75, 3.05) is 34.4 Å². The summed E-state index contributed by atoms with van der Waals surface area (Å²) in [7, 11) is 7.68. The number of likely N-dealkylation sites (tertiary alicyclic amines) is 1. The lowest BCUT2D eigenvalue weighted by Gasteiger charge is -2.33. The average Bonchev–Trinajstić information content (AvgIpc) is 2.51. The minimum atomic E-state index is -0.248. The zero-order valence-corrected chi connectivity index (χ0v) is 9.32. The standard InChI is InChI=1S/C9H18BNO3/c1-11-4-9(5-12-2)7(13-3)6(11)8(10)14-9/h6-8H,4-5,10H2,1-3H3/t6-,7?,8+,9-/m0/s1. The molecule has 2 fully saturated rings. The van der Waals surface area contributed by atoms with E-state index in [9.17, 15) is 0 Å². The van der Waals surface area contributed by atoms with Crippen LogP contribution in [0.3, 0.4) is 0 Å². The number of methoxy groups -OCH3 is 2. The molecule has 0 aromatic rings. The van der Waals surface area contributed by atoms with Gasteiger partial charge in [0, 0.05) is 26.8 Å². The number of rotatable bonds is 3. The summed E-state index contributed by atoms with van der Waals surface area (Å²) in [5, 5.41) is 0. The van der Waals surface area contributed by atoms with Gasteiger partial charge in [0.05, 0.1) is 12.6 Å². The quantitative estimate of drug-likeness (QED) is 0.528. The molecular weight excluding hydrogens is 181 g/mol. The Morgan fingerprint density at radius 1 is 1.57 bits per heavy atom. The first kappa shape index (κ1) is 10.4. The van der Waals surface area contributed by atoms with Crippen LogP contribution in [0.1, 0.15) is 0 Å². The Morgan fingerprint density at radius 3 is 2.79 bits per heavy atom. The summed E-state index contributed by atoms with van der Waals surface area (Å²) in [5.41, 5.74) is -0.248. The second kappa shape index (κ2) is 3.49. The van der Waals surface area contributed by atoms with E-state index in [0.717, 1.165) is 6.54 Å². The van der Waals surface area contributed by atoms with Gasteiger partial charge in [0.2, 0.25) is 0 Å². The topological polar surface area (TPSA) is 30.9 Å². The van der Waals surface area contributed by atoms with Crippen molar-refractivity contribution in [2.45, 2.75) is 23.8 Å². The molecular formula is C9H18BNO3. The predicted octanol–water partition coefficient (Wildman–Crippen LogP) is -1.31. The van der Waals surface area contributed by atoms with Crippen LogP contribution in [0.15, 0.2) is 0 Å². The Morgan fingerprint density at radius 2 is 2.29 bits per heavy atom. The van der Waals surface area contributed by atoms with E-state index >= 15 is 0 Å². The van der Waals surface area contributed by atoms with Gasteiger partial charge in [-0.15, -0.1) is 0 Å². The Bertz CT molecular complexity index is 214. The summed E-state index contributed by atoms with van der Waals surface area (Å²) in [5.74, 6) is 0. The second-order valence-electron chi connectivity index (χ2n) is 4.38. The molecule has 4 atom stereocenters. The molecule has 0 aromatic carbocycles. The molecule has 80 valence electrons. The summed E-state index contributed by atoms with van der Waals surface area (Å²) in [6.07, 6.45) is 0.141. The maximum Gasteiger partial charge on any atom is 0.141 e. The fraction of sp³-hybridized carbons (Fsp3) is 1.00. The minimum Gasteiger partial charge on any atom is -0.382 e. The fourth-order valence-corrected chi connectivity index (χ4v) is 3.07. The summed E-state index contributed by atoms with van der Waals surface area (Å²) in [4.78, 5) is 2.31. The zero-order valence-electron chi connectivity index (χ0n) is 9.32. The molecule has 2 aliphatic rings. The molecule has 0 saturated carbocycles. The van der Waals surface area contributed by atoms with Gasteiger partial charge in [-0.25, -0.2) is 0 Å². The average molecular weight is 199 g/mol. The molecule has 2 saturated heterocycles. The molecule has 2 heterocycles. The SMILES string of the molecule is B[C@@H]1O[C@]2(COC)CN(C)[C@H]1C2OC. The van der Waals surface area contributed by atoms with E-state index in [0.29, 0.717) is 12.6 Å². The molecule has 0 radical (unpaired) electrons. The van der Waals surface area contributed by atoms with Crippen molar-refractivity contribution in [1.82, 2.24) is 4.90 Å².